The van der Waals surface area contributed by atoms with Crippen LogP contribution in [0.1, 0.15) is 35.6 Å². The van der Waals surface area contributed by atoms with Gasteiger partial charge in [0.25, 0.3) is 0 Å². The maximum absolute atomic E-state index is 13.3. The van der Waals surface area contributed by atoms with E-state index >= 15 is 0 Å². The average molecular weight is 373 g/mol. The minimum atomic E-state index is -3.55. The van der Waals surface area contributed by atoms with Crippen molar-refractivity contribution in [3.63, 3.8) is 0 Å². The first-order valence-electron chi connectivity index (χ1n) is 8.95. The molecular weight excluding hydrogens is 350 g/mol. The highest BCUT2D eigenvalue weighted by Crippen LogP contribution is 2.40. The molecule has 2 aromatic carbocycles. The van der Waals surface area contributed by atoms with E-state index in [0.29, 0.717) is 30.4 Å². The molecule has 2 aliphatic heterocycles. The fraction of sp³-hybridized carbons (Fsp3) is 0.400. The summed E-state index contributed by atoms with van der Waals surface area (Å²) in [7, 11) is -3.55. The number of benzene rings is 2. The van der Waals surface area contributed by atoms with Gasteiger partial charge in [0.15, 0.2) is 11.5 Å². The van der Waals surface area contributed by atoms with E-state index in [9.17, 15) is 8.42 Å². The Bertz CT molecular complexity index is 939. The van der Waals surface area contributed by atoms with Crippen molar-refractivity contribution < 1.29 is 17.9 Å². The summed E-state index contributed by atoms with van der Waals surface area (Å²) in [6, 6.07) is 11.2. The summed E-state index contributed by atoms with van der Waals surface area (Å²) in [5, 5.41) is 0. The van der Waals surface area contributed by atoms with Gasteiger partial charge in [0, 0.05) is 6.54 Å². The molecule has 2 aromatic rings. The van der Waals surface area contributed by atoms with Gasteiger partial charge < -0.3 is 9.47 Å². The molecule has 138 valence electrons. The first-order valence-corrected chi connectivity index (χ1v) is 10.4. The van der Waals surface area contributed by atoms with E-state index in [1.165, 1.54) is 0 Å². The molecule has 0 radical (unpaired) electrons. The van der Waals surface area contributed by atoms with Gasteiger partial charge in [-0.2, -0.15) is 4.31 Å². The Balaban J connectivity index is 1.71. The zero-order valence-electron chi connectivity index (χ0n) is 15.1. The van der Waals surface area contributed by atoms with Crippen LogP contribution in [0, 0.1) is 13.8 Å². The van der Waals surface area contributed by atoms with E-state index in [4.69, 9.17) is 9.47 Å². The lowest BCUT2D eigenvalue weighted by molar-refractivity contribution is 0.171. The Morgan fingerprint density at radius 3 is 2.58 bits per heavy atom. The zero-order chi connectivity index (χ0) is 18.3. The van der Waals surface area contributed by atoms with Crippen molar-refractivity contribution in [2.75, 3.05) is 19.8 Å². The van der Waals surface area contributed by atoms with Crippen LogP contribution in [-0.4, -0.2) is 32.5 Å². The molecule has 0 unspecified atom stereocenters. The van der Waals surface area contributed by atoms with Gasteiger partial charge in [-0.3, -0.25) is 0 Å². The maximum atomic E-state index is 13.3. The monoisotopic (exact) mass is 373 g/mol. The third-order valence-electron chi connectivity index (χ3n) is 5.08. The summed E-state index contributed by atoms with van der Waals surface area (Å²) in [5.41, 5.74) is 2.69. The van der Waals surface area contributed by atoms with Crippen molar-refractivity contribution in [3.05, 3.63) is 53.1 Å². The molecule has 26 heavy (non-hydrogen) atoms. The minimum Gasteiger partial charge on any atom is -0.486 e. The first-order chi connectivity index (χ1) is 12.5. The number of hydrogen-bond acceptors (Lipinski definition) is 4. The normalized spacial score (nSPS) is 20.3. The number of rotatable bonds is 3. The number of hydrogen-bond donors (Lipinski definition) is 0. The maximum Gasteiger partial charge on any atom is 0.243 e. The molecule has 1 fully saturated rings. The highest BCUT2D eigenvalue weighted by Gasteiger charge is 2.37. The second kappa shape index (κ2) is 6.59. The number of aryl methyl sites for hydroxylation is 2. The Hall–Kier alpha value is -2.05. The molecule has 0 saturated carbocycles. The summed E-state index contributed by atoms with van der Waals surface area (Å²) in [5.74, 6) is 1.42. The van der Waals surface area contributed by atoms with Gasteiger partial charge in [-0.25, -0.2) is 8.42 Å². The first kappa shape index (κ1) is 17.4. The van der Waals surface area contributed by atoms with Crippen molar-refractivity contribution >= 4 is 10.0 Å². The lowest BCUT2D eigenvalue weighted by Gasteiger charge is -2.27. The molecule has 0 bridgehead atoms. The molecule has 6 heteroatoms. The Morgan fingerprint density at radius 2 is 1.77 bits per heavy atom. The summed E-state index contributed by atoms with van der Waals surface area (Å²) in [6.45, 7) is 5.37. The molecule has 2 heterocycles. The average Bonchev–Trinajstić information content (AvgIpc) is 3.14. The van der Waals surface area contributed by atoms with Gasteiger partial charge >= 0.3 is 0 Å². The smallest absolute Gasteiger partial charge is 0.243 e. The van der Waals surface area contributed by atoms with E-state index in [2.05, 4.69) is 0 Å². The third kappa shape index (κ3) is 2.97. The van der Waals surface area contributed by atoms with Gasteiger partial charge in [0.05, 0.1) is 10.9 Å². The largest absolute Gasteiger partial charge is 0.486 e. The van der Waals surface area contributed by atoms with Crippen molar-refractivity contribution in [2.24, 2.45) is 0 Å². The molecule has 0 N–H and O–H groups in total. The van der Waals surface area contributed by atoms with E-state index in [1.54, 1.807) is 10.4 Å². The standard InChI is InChI=1S/C20H23NO4S/c1-14-5-6-15(2)20(12-14)26(22,23)21-9-3-4-17(21)16-7-8-18-19(13-16)25-11-10-24-18/h5-8,12-13,17H,3-4,9-11H2,1-2H3/t17-/m1/s1. The van der Waals surface area contributed by atoms with E-state index in [1.807, 2.05) is 44.2 Å². The van der Waals surface area contributed by atoms with Gasteiger partial charge in [-0.15, -0.1) is 0 Å². The highest BCUT2D eigenvalue weighted by molar-refractivity contribution is 7.89. The van der Waals surface area contributed by atoms with Crippen LogP contribution in [0.15, 0.2) is 41.3 Å². The molecule has 4 rings (SSSR count). The van der Waals surface area contributed by atoms with Crippen LogP contribution < -0.4 is 9.47 Å². The van der Waals surface area contributed by atoms with Crippen molar-refractivity contribution in [1.82, 2.24) is 4.31 Å². The molecular formula is C20H23NO4S. The van der Waals surface area contributed by atoms with Crippen LogP contribution in [0.2, 0.25) is 0 Å². The van der Waals surface area contributed by atoms with Crippen molar-refractivity contribution in [1.29, 1.82) is 0 Å². The second-order valence-electron chi connectivity index (χ2n) is 6.95. The van der Waals surface area contributed by atoms with Gasteiger partial charge in [0.2, 0.25) is 10.0 Å². The predicted molar refractivity (Wildman–Crippen MR) is 99.2 cm³/mol. The Labute approximate surface area is 154 Å². The molecule has 2 aliphatic rings. The van der Waals surface area contributed by atoms with Crippen molar-refractivity contribution in [3.8, 4) is 11.5 Å². The van der Waals surface area contributed by atoms with E-state index < -0.39 is 10.0 Å². The fourth-order valence-corrected chi connectivity index (χ4v) is 5.73. The van der Waals surface area contributed by atoms with Gasteiger partial charge in [0.1, 0.15) is 13.2 Å². The fourth-order valence-electron chi connectivity index (χ4n) is 3.74. The lowest BCUT2D eigenvalue weighted by atomic mass is 10.0. The van der Waals surface area contributed by atoms with Crippen LogP contribution in [0.5, 0.6) is 11.5 Å². The molecule has 0 amide bonds. The van der Waals surface area contributed by atoms with E-state index in [-0.39, 0.29) is 6.04 Å². The van der Waals surface area contributed by atoms with Crippen LogP contribution in [-0.2, 0) is 10.0 Å². The molecule has 5 nitrogen and oxygen atoms in total. The van der Waals surface area contributed by atoms with Crippen LogP contribution in [0.25, 0.3) is 0 Å². The topological polar surface area (TPSA) is 55.8 Å². The number of ether oxygens (including phenoxy) is 2. The number of fused-ring (bicyclic) bond motifs is 1. The van der Waals surface area contributed by atoms with Gasteiger partial charge in [-0.1, -0.05) is 18.2 Å². The second-order valence-corrected chi connectivity index (χ2v) is 8.80. The summed E-state index contributed by atoms with van der Waals surface area (Å²) in [4.78, 5) is 0.405. The SMILES string of the molecule is Cc1ccc(C)c(S(=O)(=O)N2CCC[C@@H]2c2ccc3c(c2)OCCO3)c1. The van der Waals surface area contributed by atoms with Crippen molar-refractivity contribution in [2.45, 2.75) is 37.6 Å². The Morgan fingerprint density at radius 1 is 1.00 bits per heavy atom. The van der Waals surface area contributed by atoms with Crippen LogP contribution in [0.3, 0.4) is 0 Å². The van der Waals surface area contributed by atoms with Crippen LogP contribution >= 0.6 is 0 Å². The van der Waals surface area contributed by atoms with Crippen LogP contribution in [0.4, 0.5) is 0 Å². The Kier molecular flexibility index (Phi) is 4.40. The van der Waals surface area contributed by atoms with E-state index in [0.717, 1.165) is 35.3 Å². The number of sulfonamides is 1. The molecule has 0 aromatic heterocycles. The summed E-state index contributed by atoms with van der Waals surface area (Å²) in [6.07, 6.45) is 1.66. The quantitative estimate of drug-likeness (QED) is 0.825. The lowest BCUT2D eigenvalue weighted by Crippen LogP contribution is -2.31. The summed E-state index contributed by atoms with van der Waals surface area (Å²) >= 11 is 0. The third-order valence-corrected chi connectivity index (χ3v) is 7.14. The molecule has 1 saturated heterocycles. The molecule has 1 atom stereocenters. The number of nitrogens with zero attached hydrogens (tertiary/aromatic N) is 1. The summed E-state index contributed by atoms with van der Waals surface area (Å²) < 4.78 is 39.6. The molecule has 0 aliphatic carbocycles. The zero-order valence-corrected chi connectivity index (χ0v) is 15.9. The predicted octanol–water partition coefficient (Wildman–Crippen LogP) is 3.60. The minimum absolute atomic E-state index is 0.171. The molecule has 0 spiro atoms. The highest BCUT2D eigenvalue weighted by atomic mass is 32.2. The van der Waals surface area contributed by atoms with Gasteiger partial charge in [-0.05, 0) is 61.6 Å².